The van der Waals surface area contributed by atoms with Gasteiger partial charge in [0.2, 0.25) is 0 Å². The van der Waals surface area contributed by atoms with Crippen molar-refractivity contribution in [2.45, 2.75) is 13.1 Å². The van der Waals surface area contributed by atoms with E-state index in [-0.39, 0.29) is 18.8 Å². The molecule has 0 aromatic heterocycles. The van der Waals surface area contributed by atoms with Gasteiger partial charge in [-0.2, -0.15) is 0 Å². The number of rotatable bonds is 11. The Labute approximate surface area is 182 Å². The molecule has 0 atom stereocenters. The maximum absolute atomic E-state index is 12.1. The zero-order valence-electron chi connectivity index (χ0n) is 17.9. The number of benzene rings is 2. The van der Waals surface area contributed by atoms with Gasteiger partial charge < -0.3 is 5.11 Å². The summed E-state index contributed by atoms with van der Waals surface area (Å²) in [5.74, 6) is -0.818. The second kappa shape index (κ2) is 12.0. The number of amides is 2. The molecule has 0 bridgehead atoms. The lowest BCUT2D eigenvalue weighted by molar-refractivity contribution is -0.161. The van der Waals surface area contributed by atoms with Gasteiger partial charge in [0.15, 0.2) is 0 Å². The molecule has 0 aliphatic rings. The molecule has 0 spiro atoms. The molecular formula is C22H30N4O5. The number of hydrogen-bond donors (Lipinski definition) is 3. The molecule has 0 aliphatic heterocycles. The number of aromatic hydroxyl groups is 1. The van der Waals surface area contributed by atoms with Crippen LogP contribution in [-0.4, -0.2) is 87.5 Å². The Hall–Kier alpha value is -2.98. The normalized spacial score (nSPS) is 11.0. The summed E-state index contributed by atoms with van der Waals surface area (Å²) in [5, 5.41) is 30.1. The molecule has 0 saturated carbocycles. The Kier molecular flexibility index (Phi) is 9.41. The molecule has 0 unspecified atom stereocenters. The van der Waals surface area contributed by atoms with E-state index in [0.29, 0.717) is 41.9 Å². The molecule has 0 fully saturated rings. The fraction of sp³-hybridized carbons (Fsp3) is 0.364. The van der Waals surface area contributed by atoms with Gasteiger partial charge in [0.05, 0.1) is 13.1 Å². The van der Waals surface area contributed by atoms with Crippen molar-refractivity contribution in [3.8, 4) is 5.75 Å². The molecule has 31 heavy (non-hydrogen) atoms. The lowest BCUT2D eigenvalue weighted by Crippen LogP contribution is -2.43. The van der Waals surface area contributed by atoms with Gasteiger partial charge in [-0.05, 0) is 11.6 Å². The first-order valence-electron chi connectivity index (χ1n) is 9.92. The number of carbonyl (C=O) groups is 2. The Morgan fingerprint density at radius 1 is 0.742 bits per heavy atom. The number of likely N-dealkylation sites (N-methyl/N-ethyl adjacent to an activating group) is 2. The van der Waals surface area contributed by atoms with Crippen LogP contribution in [0.2, 0.25) is 0 Å². The summed E-state index contributed by atoms with van der Waals surface area (Å²) >= 11 is 0. The van der Waals surface area contributed by atoms with Crippen LogP contribution in [0.1, 0.15) is 11.1 Å². The zero-order chi connectivity index (χ0) is 22.8. The van der Waals surface area contributed by atoms with Crippen molar-refractivity contribution in [1.29, 1.82) is 0 Å². The van der Waals surface area contributed by atoms with Crippen molar-refractivity contribution in [2.75, 3.05) is 40.3 Å². The highest BCUT2D eigenvalue weighted by Gasteiger charge is 2.19. The summed E-state index contributed by atoms with van der Waals surface area (Å²) in [6, 6.07) is 16.5. The quantitative estimate of drug-likeness (QED) is 0.365. The van der Waals surface area contributed by atoms with Gasteiger partial charge in [-0.3, -0.25) is 29.8 Å². The molecule has 3 N–H and O–H groups in total. The van der Waals surface area contributed by atoms with E-state index in [1.807, 2.05) is 35.2 Å². The third kappa shape index (κ3) is 8.35. The van der Waals surface area contributed by atoms with E-state index in [2.05, 4.69) is 0 Å². The predicted octanol–water partition coefficient (Wildman–Crippen LogP) is 1.39. The average molecular weight is 431 g/mol. The van der Waals surface area contributed by atoms with E-state index in [4.69, 9.17) is 0 Å². The van der Waals surface area contributed by atoms with Crippen molar-refractivity contribution in [2.24, 2.45) is 0 Å². The van der Waals surface area contributed by atoms with Gasteiger partial charge >= 0.3 is 0 Å². The molecule has 0 radical (unpaired) electrons. The van der Waals surface area contributed by atoms with E-state index in [1.165, 1.54) is 14.1 Å². The van der Waals surface area contributed by atoms with Crippen LogP contribution >= 0.6 is 0 Å². The lowest BCUT2D eigenvalue weighted by Gasteiger charge is -2.28. The monoisotopic (exact) mass is 430 g/mol. The summed E-state index contributed by atoms with van der Waals surface area (Å²) in [5.41, 5.74) is 1.66. The number of phenolic OH excluding ortho intramolecular Hbond substituents is 1. The number of hydroxylamine groups is 4. The highest BCUT2D eigenvalue weighted by atomic mass is 16.5. The topological polar surface area (TPSA) is 108 Å². The highest BCUT2D eigenvalue weighted by molar-refractivity contribution is 5.77. The van der Waals surface area contributed by atoms with E-state index in [9.17, 15) is 25.1 Å². The fourth-order valence-corrected chi connectivity index (χ4v) is 3.03. The molecule has 0 heterocycles. The first kappa shape index (κ1) is 24.3. The fourth-order valence-electron chi connectivity index (χ4n) is 3.03. The SMILES string of the molecule is CN(O)C(=O)CN(CCN(CC(=O)N(C)O)Cc1ccccc1O)Cc1ccccc1. The van der Waals surface area contributed by atoms with Crippen LogP contribution in [0.25, 0.3) is 0 Å². The van der Waals surface area contributed by atoms with Gasteiger partial charge in [0.25, 0.3) is 11.8 Å². The molecule has 2 aromatic rings. The van der Waals surface area contributed by atoms with Crippen LogP contribution in [0.3, 0.4) is 0 Å². The molecule has 9 nitrogen and oxygen atoms in total. The van der Waals surface area contributed by atoms with Crippen LogP contribution in [0.5, 0.6) is 5.75 Å². The second-order valence-corrected chi connectivity index (χ2v) is 7.37. The molecule has 9 heteroatoms. The van der Waals surface area contributed by atoms with Crippen molar-refractivity contribution in [1.82, 2.24) is 19.9 Å². The molecule has 168 valence electrons. The van der Waals surface area contributed by atoms with E-state index < -0.39 is 11.8 Å². The Bertz CT molecular complexity index is 845. The van der Waals surface area contributed by atoms with Crippen LogP contribution in [0.15, 0.2) is 54.6 Å². The average Bonchev–Trinajstić information content (AvgIpc) is 2.73. The van der Waals surface area contributed by atoms with Crippen LogP contribution in [0, 0.1) is 0 Å². The van der Waals surface area contributed by atoms with E-state index in [0.717, 1.165) is 5.56 Å². The molecule has 0 saturated heterocycles. The van der Waals surface area contributed by atoms with Gasteiger partial charge in [-0.1, -0.05) is 48.5 Å². The maximum atomic E-state index is 12.1. The van der Waals surface area contributed by atoms with Crippen LogP contribution in [-0.2, 0) is 22.7 Å². The minimum Gasteiger partial charge on any atom is -0.508 e. The van der Waals surface area contributed by atoms with Crippen molar-refractivity contribution < 1.29 is 25.1 Å². The van der Waals surface area contributed by atoms with E-state index >= 15 is 0 Å². The highest BCUT2D eigenvalue weighted by Crippen LogP contribution is 2.18. The Balaban J connectivity index is 2.12. The molecule has 0 aliphatic carbocycles. The van der Waals surface area contributed by atoms with Gasteiger partial charge in [0.1, 0.15) is 5.75 Å². The summed E-state index contributed by atoms with van der Waals surface area (Å²) in [4.78, 5) is 27.8. The third-order valence-corrected chi connectivity index (χ3v) is 4.81. The molecule has 2 rings (SSSR count). The summed E-state index contributed by atoms with van der Waals surface area (Å²) < 4.78 is 0. The summed E-state index contributed by atoms with van der Waals surface area (Å²) in [6.07, 6.45) is 0. The van der Waals surface area contributed by atoms with Crippen LogP contribution < -0.4 is 0 Å². The maximum Gasteiger partial charge on any atom is 0.259 e. The first-order chi connectivity index (χ1) is 14.8. The Morgan fingerprint density at radius 2 is 1.23 bits per heavy atom. The standard InChI is InChI=1S/C22H30N4O5/c1-23(30)21(28)16-25(14-18-8-4-3-5-9-18)12-13-26(17-22(29)24(2)31)15-19-10-6-7-11-20(19)27/h3-11,27,30-31H,12-17H2,1-2H3. The Morgan fingerprint density at radius 3 is 1.74 bits per heavy atom. The van der Waals surface area contributed by atoms with Gasteiger partial charge in [-0.25, -0.2) is 10.1 Å². The minimum absolute atomic E-state index is 0.000169. The summed E-state index contributed by atoms with van der Waals surface area (Å²) in [7, 11) is 2.54. The van der Waals surface area contributed by atoms with Crippen molar-refractivity contribution in [3.05, 3.63) is 65.7 Å². The smallest absolute Gasteiger partial charge is 0.259 e. The van der Waals surface area contributed by atoms with Crippen LogP contribution in [0.4, 0.5) is 0 Å². The number of nitrogens with zero attached hydrogens (tertiary/aromatic N) is 4. The van der Waals surface area contributed by atoms with E-state index in [1.54, 1.807) is 29.2 Å². The number of para-hydroxylation sites is 1. The lowest BCUT2D eigenvalue weighted by atomic mass is 10.2. The first-order valence-corrected chi connectivity index (χ1v) is 9.92. The third-order valence-electron chi connectivity index (χ3n) is 4.81. The zero-order valence-corrected chi connectivity index (χ0v) is 17.9. The number of hydrogen-bond acceptors (Lipinski definition) is 7. The molecular weight excluding hydrogens is 400 g/mol. The van der Waals surface area contributed by atoms with Gasteiger partial charge in [-0.15, -0.1) is 0 Å². The van der Waals surface area contributed by atoms with Crippen molar-refractivity contribution >= 4 is 11.8 Å². The molecule has 2 aromatic carbocycles. The predicted molar refractivity (Wildman–Crippen MR) is 114 cm³/mol. The molecule has 2 amide bonds. The van der Waals surface area contributed by atoms with Crippen molar-refractivity contribution in [3.63, 3.8) is 0 Å². The number of carbonyl (C=O) groups excluding carboxylic acids is 2. The van der Waals surface area contributed by atoms with Gasteiger partial charge in [0, 0.05) is 45.8 Å². The number of phenols is 1. The summed E-state index contributed by atoms with van der Waals surface area (Å²) in [6.45, 7) is 1.53. The minimum atomic E-state index is -0.490. The second-order valence-electron chi connectivity index (χ2n) is 7.37. The largest absolute Gasteiger partial charge is 0.508 e.